The van der Waals surface area contributed by atoms with E-state index in [-0.39, 0.29) is 28.0 Å². The minimum Gasteiger partial charge on any atom is -0.392 e. The molecule has 8 heteroatoms. The molecular weight excluding hydrogens is 286 g/mol. The molecule has 0 saturated carbocycles. The molecule has 1 aromatic rings. The highest BCUT2D eigenvalue weighted by molar-refractivity contribution is 6.34. The number of nitrogen functional groups attached to an aromatic ring is 1. The predicted molar refractivity (Wildman–Crippen MR) is 73.8 cm³/mol. The molecule has 1 aliphatic heterocycles. The average Bonchev–Trinajstić information content (AvgIpc) is 2.42. The van der Waals surface area contributed by atoms with Crippen molar-refractivity contribution in [2.45, 2.75) is 18.9 Å². The van der Waals surface area contributed by atoms with E-state index in [1.807, 2.05) is 0 Å². The first-order valence-corrected chi connectivity index (χ1v) is 6.49. The van der Waals surface area contributed by atoms with Crippen molar-refractivity contribution in [3.8, 4) is 0 Å². The van der Waals surface area contributed by atoms with Gasteiger partial charge in [-0.3, -0.25) is 14.9 Å². The maximum absolute atomic E-state index is 12.1. The number of ether oxygens (including phenoxy) is 1. The van der Waals surface area contributed by atoms with E-state index in [0.717, 1.165) is 18.9 Å². The molecule has 108 valence electrons. The van der Waals surface area contributed by atoms with Gasteiger partial charge in [0.1, 0.15) is 5.69 Å². The monoisotopic (exact) mass is 299 g/mol. The topological polar surface area (TPSA) is 107 Å². The molecule has 0 bridgehead atoms. The van der Waals surface area contributed by atoms with Crippen LogP contribution in [-0.2, 0) is 4.74 Å². The van der Waals surface area contributed by atoms with Gasteiger partial charge in [0, 0.05) is 30.9 Å². The number of nitro groups is 1. The number of hydrogen-bond acceptors (Lipinski definition) is 5. The smallest absolute Gasteiger partial charge is 0.294 e. The first-order valence-electron chi connectivity index (χ1n) is 6.11. The summed E-state index contributed by atoms with van der Waals surface area (Å²) in [7, 11) is 0. The minimum absolute atomic E-state index is 0.00340. The Morgan fingerprint density at radius 3 is 2.70 bits per heavy atom. The third-order valence-electron chi connectivity index (χ3n) is 3.12. The van der Waals surface area contributed by atoms with Crippen LogP contribution in [0.3, 0.4) is 0 Å². The van der Waals surface area contributed by atoms with Crippen molar-refractivity contribution in [1.29, 1.82) is 0 Å². The number of anilines is 1. The highest BCUT2D eigenvalue weighted by Crippen LogP contribution is 2.30. The number of halogens is 1. The van der Waals surface area contributed by atoms with E-state index < -0.39 is 10.8 Å². The number of nitrogens with two attached hydrogens (primary N) is 1. The van der Waals surface area contributed by atoms with Crippen LogP contribution in [0, 0.1) is 10.1 Å². The molecule has 1 saturated heterocycles. The van der Waals surface area contributed by atoms with E-state index in [2.05, 4.69) is 5.32 Å². The number of nitrogens with zero attached hydrogens (tertiary/aromatic N) is 1. The first kappa shape index (κ1) is 14.5. The number of nitrogens with one attached hydrogen (secondary N) is 1. The summed E-state index contributed by atoms with van der Waals surface area (Å²) in [5, 5.41) is 13.7. The molecule has 7 nitrogen and oxygen atoms in total. The second-order valence-corrected chi connectivity index (χ2v) is 4.92. The number of rotatable bonds is 3. The largest absolute Gasteiger partial charge is 0.392 e. The van der Waals surface area contributed by atoms with Crippen LogP contribution in [0.1, 0.15) is 23.2 Å². The van der Waals surface area contributed by atoms with Gasteiger partial charge in [0.2, 0.25) is 0 Å². The van der Waals surface area contributed by atoms with E-state index in [4.69, 9.17) is 22.1 Å². The van der Waals surface area contributed by atoms with Gasteiger partial charge in [-0.1, -0.05) is 11.6 Å². The second kappa shape index (κ2) is 6.06. The van der Waals surface area contributed by atoms with Crippen LogP contribution >= 0.6 is 11.6 Å². The zero-order chi connectivity index (χ0) is 14.7. The molecule has 0 unspecified atom stereocenters. The van der Waals surface area contributed by atoms with Gasteiger partial charge >= 0.3 is 0 Å². The van der Waals surface area contributed by atoms with Gasteiger partial charge in [0.25, 0.3) is 11.6 Å². The summed E-state index contributed by atoms with van der Waals surface area (Å²) in [4.78, 5) is 22.3. The molecule has 1 aromatic carbocycles. The van der Waals surface area contributed by atoms with E-state index >= 15 is 0 Å². The van der Waals surface area contributed by atoms with Gasteiger partial charge in [-0.15, -0.1) is 0 Å². The number of amides is 1. The normalized spacial score (nSPS) is 15.8. The Hall–Kier alpha value is -1.86. The molecule has 1 fully saturated rings. The Kier molecular flexibility index (Phi) is 4.41. The van der Waals surface area contributed by atoms with E-state index in [1.165, 1.54) is 6.07 Å². The van der Waals surface area contributed by atoms with Gasteiger partial charge < -0.3 is 15.8 Å². The number of carbonyl (C=O) groups is 1. The molecule has 1 amide bonds. The van der Waals surface area contributed by atoms with Crippen LogP contribution in [0.25, 0.3) is 0 Å². The van der Waals surface area contributed by atoms with Crippen LogP contribution < -0.4 is 11.1 Å². The zero-order valence-electron chi connectivity index (χ0n) is 10.6. The van der Waals surface area contributed by atoms with E-state index in [1.54, 1.807) is 0 Å². The van der Waals surface area contributed by atoms with Crippen LogP contribution in [0.5, 0.6) is 0 Å². The highest BCUT2D eigenvalue weighted by atomic mass is 35.5. The van der Waals surface area contributed by atoms with Crippen molar-refractivity contribution in [3.63, 3.8) is 0 Å². The lowest BCUT2D eigenvalue weighted by molar-refractivity contribution is -0.383. The molecule has 1 heterocycles. The van der Waals surface area contributed by atoms with Gasteiger partial charge in [0.15, 0.2) is 0 Å². The molecule has 0 spiro atoms. The van der Waals surface area contributed by atoms with E-state index in [9.17, 15) is 14.9 Å². The second-order valence-electron chi connectivity index (χ2n) is 4.51. The lowest BCUT2D eigenvalue weighted by atomic mass is 10.1. The Bertz CT molecular complexity index is 544. The van der Waals surface area contributed by atoms with Crippen molar-refractivity contribution in [2.75, 3.05) is 18.9 Å². The van der Waals surface area contributed by atoms with Crippen LogP contribution in [0.4, 0.5) is 11.4 Å². The van der Waals surface area contributed by atoms with Gasteiger partial charge in [0.05, 0.1) is 9.95 Å². The Morgan fingerprint density at radius 2 is 2.10 bits per heavy atom. The fourth-order valence-corrected chi connectivity index (χ4v) is 2.21. The molecule has 0 radical (unpaired) electrons. The third-order valence-corrected chi connectivity index (χ3v) is 3.44. The lowest BCUT2D eigenvalue weighted by Gasteiger charge is -2.23. The fourth-order valence-electron chi connectivity index (χ4n) is 2.00. The molecular formula is C12H14ClN3O4. The summed E-state index contributed by atoms with van der Waals surface area (Å²) in [6.45, 7) is 1.18. The van der Waals surface area contributed by atoms with Crippen LogP contribution in [0.15, 0.2) is 12.1 Å². The van der Waals surface area contributed by atoms with Gasteiger partial charge in [-0.25, -0.2) is 0 Å². The van der Waals surface area contributed by atoms with Crippen molar-refractivity contribution >= 4 is 28.9 Å². The number of benzene rings is 1. The summed E-state index contributed by atoms with van der Waals surface area (Å²) in [5.41, 5.74) is 5.14. The lowest BCUT2D eigenvalue weighted by Crippen LogP contribution is -2.38. The van der Waals surface area contributed by atoms with Crippen molar-refractivity contribution in [3.05, 3.63) is 32.8 Å². The maximum atomic E-state index is 12.1. The van der Waals surface area contributed by atoms with Gasteiger partial charge in [-0.05, 0) is 18.9 Å². The van der Waals surface area contributed by atoms with Crippen molar-refractivity contribution in [2.24, 2.45) is 0 Å². The molecule has 20 heavy (non-hydrogen) atoms. The quantitative estimate of drug-likeness (QED) is 0.502. The third kappa shape index (κ3) is 3.17. The summed E-state index contributed by atoms with van der Waals surface area (Å²) < 4.78 is 5.19. The highest BCUT2D eigenvalue weighted by Gasteiger charge is 2.22. The number of nitro benzene ring substituents is 1. The Morgan fingerprint density at radius 1 is 1.45 bits per heavy atom. The summed E-state index contributed by atoms with van der Waals surface area (Å²) in [6, 6.07) is 2.47. The number of hydrogen-bond donors (Lipinski definition) is 2. The Balaban J connectivity index is 2.19. The molecule has 0 atom stereocenters. The molecule has 2 rings (SSSR count). The average molecular weight is 300 g/mol. The molecule has 0 aliphatic carbocycles. The minimum atomic E-state index is -0.660. The SMILES string of the molecule is Nc1c(Cl)cc(C(=O)NC2CCOCC2)cc1[N+](=O)[O-]. The first-order chi connectivity index (χ1) is 9.49. The fraction of sp³-hybridized carbons (Fsp3) is 0.417. The van der Waals surface area contributed by atoms with Crippen molar-refractivity contribution in [1.82, 2.24) is 5.32 Å². The molecule has 1 aliphatic rings. The van der Waals surface area contributed by atoms with Crippen LogP contribution in [0.2, 0.25) is 5.02 Å². The summed E-state index contributed by atoms with van der Waals surface area (Å²) in [5.74, 6) is -0.401. The van der Waals surface area contributed by atoms with E-state index in [0.29, 0.717) is 13.2 Å². The molecule has 0 aromatic heterocycles. The maximum Gasteiger partial charge on any atom is 0.294 e. The van der Waals surface area contributed by atoms with Gasteiger partial charge in [-0.2, -0.15) is 0 Å². The standard InChI is InChI=1S/C12H14ClN3O4/c13-9-5-7(6-10(11(9)14)16(18)19)12(17)15-8-1-3-20-4-2-8/h5-6,8H,1-4,14H2,(H,15,17). The predicted octanol–water partition coefficient (Wildman–Crippen LogP) is 1.74. The zero-order valence-corrected chi connectivity index (χ0v) is 11.4. The number of carbonyl (C=O) groups excluding carboxylic acids is 1. The summed E-state index contributed by atoms with van der Waals surface area (Å²) in [6.07, 6.45) is 1.44. The molecule has 3 N–H and O–H groups in total. The van der Waals surface area contributed by atoms with Crippen molar-refractivity contribution < 1.29 is 14.5 Å². The van der Waals surface area contributed by atoms with Crippen LogP contribution in [-0.4, -0.2) is 30.1 Å². The summed E-state index contributed by atoms with van der Waals surface area (Å²) >= 11 is 5.82. The Labute approximate surface area is 120 Å².